The van der Waals surface area contributed by atoms with Gasteiger partial charge in [0, 0.05) is 15.7 Å². The maximum atomic E-state index is 12.2. The van der Waals surface area contributed by atoms with E-state index in [1.54, 1.807) is 0 Å². The maximum absolute atomic E-state index is 12.2. The standard InChI is InChI=1S/C16H20INO/c1-10-6-14(17)4-5-15(10)18-16(19)9-13-8-11-2-3-12(13)7-11/h4-6,11-13H,2-3,7-9H2,1H3,(H,18,19)/t11-,12-,13-/m1/s1. The Kier molecular flexibility index (Phi) is 3.83. The normalized spacial score (nSPS) is 28.6. The lowest BCUT2D eigenvalue weighted by Crippen LogP contribution is -2.20. The summed E-state index contributed by atoms with van der Waals surface area (Å²) in [5.74, 6) is 2.58. The molecule has 2 bridgehead atoms. The molecule has 2 fully saturated rings. The van der Waals surface area contributed by atoms with E-state index in [4.69, 9.17) is 0 Å². The van der Waals surface area contributed by atoms with Crippen LogP contribution in [-0.2, 0) is 4.79 Å². The van der Waals surface area contributed by atoms with Gasteiger partial charge in [0.2, 0.25) is 5.91 Å². The van der Waals surface area contributed by atoms with Gasteiger partial charge in [-0.05, 0) is 90.3 Å². The van der Waals surface area contributed by atoms with Crippen molar-refractivity contribution >= 4 is 34.2 Å². The first kappa shape index (κ1) is 13.4. The SMILES string of the molecule is Cc1cc(I)ccc1NC(=O)C[C@H]1C[C@@H]2CC[C@@H]1C2. The fraction of sp³-hybridized carbons (Fsp3) is 0.562. The summed E-state index contributed by atoms with van der Waals surface area (Å²) in [5.41, 5.74) is 2.11. The van der Waals surface area contributed by atoms with Gasteiger partial charge >= 0.3 is 0 Å². The highest BCUT2D eigenvalue weighted by Gasteiger charge is 2.40. The Morgan fingerprint density at radius 2 is 2.21 bits per heavy atom. The average molecular weight is 369 g/mol. The lowest BCUT2D eigenvalue weighted by molar-refractivity contribution is -0.117. The Bertz CT molecular complexity index is 500. The van der Waals surface area contributed by atoms with Crippen molar-refractivity contribution in [3.8, 4) is 0 Å². The van der Waals surface area contributed by atoms with Crippen LogP contribution < -0.4 is 5.32 Å². The van der Waals surface area contributed by atoms with Crippen LogP contribution in [0.5, 0.6) is 0 Å². The van der Waals surface area contributed by atoms with Crippen molar-refractivity contribution in [2.45, 2.75) is 39.0 Å². The number of rotatable bonds is 3. The number of carbonyl (C=O) groups excluding carboxylic acids is 1. The lowest BCUT2D eigenvalue weighted by Gasteiger charge is -2.21. The number of aryl methyl sites for hydroxylation is 1. The topological polar surface area (TPSA) is 29.1 Å². The molecular weight excluding hydrogens is 349 g/mol. The summed E-state index contributed by atoms with van der Waals surface area (Å²) in [5, 5.41) is 3.08. The highest BCUT2D eigenvalue weighted by Crippen LogP contribution is 2.49. The van der Waals surface area contributed by atoms with Crippen molar-refractivity contribution in [3.63, 3.8) is 0 Å². The molecule has 3 rings (SSSR count). The first-order valence-corrected chi connectivity index (χ1v) is 8.25. The fourth-order valence-electron chi connectivity index (χ4n) is 3.83. The largest absolute Gasteiger partial charge is 0.326 e. The zero-order valence-corrected chi connectivity index (χ0v) is 13.4. The van der Waals surface area contributed by atoms with Crippen LogP contribution in [0.2, 0.25) is 0 Å². The number of carbonyl (C=O) groups is 1. The van der Waals surface area contributed by atoms with E-state index in [1.807, 2.05) is 12.1 Å². The Hall–Kier alpha value is -0.580. The van der Waals surface area contributed by atoms with Crippen LogP contribution in [0.25, 0.3) is 0 Å². The number of anilines is 1. The van der Waals surface area contributed by atoms with Crippen molar-refractivity contribution in [3.05, 3.63) is 27.3 Å². The molecule has 2 aliphatic carbocycles. The Labute approximate surface area is 128 Å². The van der Waals surface area contributed by atoms with Gasteiger partial charge in [-0.25, -0.2) is 0 Å². The van der Waals surface area contributed by atoms with Gasteiger partial charge in [0.1, 0.15) is 0 Å². The molecule has 0 saturated heterocycles. The van der Waals surface area contributed by atoms with E-state index in [2.05, 4.69) is 40.9 Å². The second-order valence-electron chi connectivity index (χ2n) is 6.15. The smallest absolute Gasteiger partial charge is 0.224 e. The molecule has 2 nitrogen and oxygen atoms in total. The van der Waals surface area contributed by atoms with E-state index in [0.717, 1.165) is 23.1 Å². The number of amides is 1. The average Bonchev–Trinajstić information content (AvgIpc) is 2.95. The third kappa shape index (κ3) is 2.96. The molecule has 0 spiro atoms. The van der Waals surface area contributed by atoms with Gasteiger partial charge in [0.15, 0.2) is 0 Å². The second kappa shape index (κ2) is 5.43. The molecule has 3 atom stereocenters. The van der Waals surface area contributed by atoms with Crippen molar-refractivity contribution in [1.82, 2.24) is 0 Å². The monoisotopic (exact) mass is 369 g/mol. The summed E-state index contributed by atoms with van der Waals surface area (Å²) < 4.78 is 1.21. The summed E-state index contributed by atoms with van der Waals surface area (Å²) >= 11 is 2.30. The van der Waals surface area contributed by atoms with E-state index < -0.39 is 0 Å². The molecule has 1 aromatic rings. The molecule has 0 radical (unpaired) electrons. The minimum Gasteiger partial charge on any atom is -0.326 e. The number of hydrogen-bond donors (Lipinski definition) is 1. The maximum Gasteiger partial charge on any atom is 0.224 e. The minimum absolute atomic E-state index is 0.196. The minimum atomic E-state index is 0.196. The number of benzene rings is 1. The molecule has 0 heterocycles. The molecule has 1 amide bonds. The second-order valence-corrected chi connectivity index (χ2v) is 7.39. The number of hydrogen-bond acceptors (Lipinski definition) is 1. The van der Waals surface area contributed by atoms with Crippen molar-refractivity contribution in [2.75, 3.05) is 5.32 Å². The van der Waals surface area contributed by atoms with Crippen molar-refractivity contribution in [2.24, 2.45) is 17.8 Å². The Balaban J connectivity index is 1.59. The summed E-state index contributed by atoms with van der Waals surface area (Å²) in [7, 11) is 0. The predicted octanol–water partition coefficient (Wildman–Crippen LogP) is 4.36. The molecule has 2 saturated carbocycles. The third-order valence-electron chi connectivity index (χ3n) is 4.79. The van der Waals surface area contributed by atoms with Crippen LogP contribution in [0.15, 0.2) is 18.2 Å². The van der Waals surface area contributed by atoms with E-state index in [1.165, 1.54) is 29.3 Å². The summed E-state index contributed by atoms with van der Waals surface area (Å²) in [6.45, 7) is 2.05. The van der Waals surface area contributed by atoms with Gasteiger partial charge in [-0.3, -0.25) is 4.79 Å². The van der Waals surface area contributed by atoms with Crippen LogP contribution in [0.3, 0.4) is 0 Å². The van der Waals surface area contributed by atoms with Gasteiger partial charge in [0.25, 0.3) is 0 Å². The molecule has 1 aromatic carbocycles. The Morgan fingerprint density at radius 3 is 2.84 bits per heavy atom. The van der Waals surface area contributed by atoms with Crippen molar-refractivity contribution < 1.29 is 4.79 Å². The summed E-state index contributed by atoms with van der Waals surface area (Å²) in [6.07, 6.45) is 6.13. The lowest BCUT2D eigenvalue weighted by atomic mass is 9.86. The molecule has 0 aliphatic heterocycles. The highest BCUT2D eigenvalue weighted by atomic mass is 127. The quantitative estimate of drug-likeness (QED) is 0.788. The van der Waals surface area contributed by atoms with Gasteiger partial charge in [-0.15, -0.1) is 0 Å². The van der Waals surface area contributed by atoms with Crippen LogP contribution >= 0.6 is 22.6 Å². The molecule has 2 aliphatic rings. The van der Waals surface area contributed by atoms with Crippen LogP contribution in [0.1, 0.15) is 37.7 Å². The first-order chi connectivity index (χ1) is 9.11. The van der Waals surface area contributed by atoms with Crippen LogP contribution in [0, 0.1) is 28.2 Å². The molecule has 3 heteroatoms. The summed E-state index contributed by atoms with van der Waals surface area (Å²) in [6, 6.07) is 6.16. The van der Waals surface area contributed by atoms with Crippen LogP contribution in [0.4, 0.5) is 5.69 Å². The molecular formula is C16H20INO. The van der Waals surface area contributed by atoms with Gasteiger partial charge < -0.3 is 5.32 Å². The van der Waals surface area contributed by atoms with Gasteiger partial charge in [-0.2, -0.15) is 0 Å². The molecule has 0 unspecified atom stereocenters. The number of halogens is 1. The van der Waals surface area contributed by atoms with E-state index in [-0.39, 0.29) is 5.91 Å². The molecule has 19 heavy (non-hydrogen) atoms. The zero-order valence-electron chi connectivity index (χ0n) is 11.3. The molecule has 1 N–H and O–H groups in total. The van der Waals surface area contributed by atoms with E-state index in [9.17, 15) is 4.79 Å². The first-order valence-electron chi connectivity index (χ1n) is 7.18. The predicted molar refractivity (Wildman–Crippen MR) is 86.1 cm³/mol. The highest BCUT2D eigenvalue weighted by molar-refractivity contribution is 14.1. The van der Waals surface area contributed by atoms with Gasteiger partial charge in [0.05, 0.1) is 0 Å². The zero-order chi connectivity index (χ0) is 13.4. The van der Waals surface area contributed by atoms with E-state index >= 15 is 0 Å². The number of nitrogens with one attached hydrogen (secondary N) is 1. The third-order valence-corrected chi connectivity index (χ3v) is 5.47. The van der Waals surface area contributed by atoms with Crippen LogP contribution in [-0.4, -0.2) is 5.91 Å². The van der Waals surface area contributed by atoms with E-state index in [0.29, 0.717) is 12.3 Å². The van der Waals surface area contributed by atoms with Crippen molar-refractivity contribution in [1.29, 1.82) is 0 Å². The van der Waals surface area contributed by atoms with Gasteiger partial charge in [-0.1, -0.05) is 6.42 Å². The fourth-order valence-corrected chi connectivity index (χ4v) is 4.48. The number of fused-ring (bicyclic) bond motifs is 2. The Morgan fingerprint density at radius 1 is 1.37 bits per heavy atom. The molecule has 0 aromatic heterocycles. The molecule has 102 valence electrons. The summed E-state index contributed by atoms with van der Waals surface area (Å²) in [4.78, 5) is 12.2.